The second-order valence-electron chi connectivity index (χ2n) is 6.30. The zero-order valence-corrected chi connectivity index (χ0v) is 15.8. The van der Waals surface area contributed by atoms with Gasteiger partial charge in [0, 0.05) is 25.7 Å². The lowest BCUT2D eigenvalue weighted by Gasteiger charge is -2.08. The highest BCUT2D eigenvalue weighted by Gasteiger charge is 2.14. The number of phenolic OH excluding ortho intramolecular Hbond substituents is 1. The molecule has 0 radical (unpaired) electrons. The summed E-state index contributed by atoms with van der Waals surface area (Å²) in [5, 5.41) is 12.6. The van der Waals surface area contributed by atoms with Gasteiger partial charge in [0.2, 0.25) is 0 Å². The van der Waals surface area contributed by atoms with Gasteiger partial charge >= 0.3 is 6.01 Å². The highest BCUT2D eigenvalue weighted by atomic mass is 32.1. The average Bonchev–Trinajstić information content (AvgIpc) is 3.11. The van der Waals surface area contributed by atoms with E-state index >= 15 is 0 Å². The average molecular weight is 385 g/mol. The molecule has 0 amide bonds. The first-order valence-corrected chi connectivity index (χ1v) is 9.55. The molecule has 5 rings (SSSR count). The van der Waals surface area contributed by atoms with Crippen LogP contribution in [0.5, 0.6) is 11.8 Å². The number of ether oxygens (including phenoxy) is 1. The molecule has 0 aliphatic heterocycles. The molecule has 3 aromatic carbocycles. The third-order valence-corrected chi connectivity index (χ3v) is 5.73. The van der Waals surface area contributed by atoms with Crippen LogP contribution in [-0.4, -0.2) is 27.2 Å². The Balaban J connectivity index is 1.71. The van der Waals surface area contributed by atoms with Crippen LogP contribution in [0.2, 0.25) is 0 Å². The number of rotatable bonds is 3. The van der Waals surface area contributed by atoms with E-state index in [1.807, 2.05) is 24.3 Å². The highest BCUT2D eigenvalue weighted by Crippen LogP contribution is 2.36. The topological polar surface area (TPSA) is 68.1 Å². The van der Waals surface area contributed by atoms with Crippen molar-refractivity contribution in [3.8, 4) is 34.5 Å². The molecule has 0 fully saturated rings. The first kappa shape index (κ1) is 16.6. The number of methoxy groups -OCH3 is 1. The largest absolute Gasteiger partial charge is 0.507 e. The normalized spacial score (nSPS) is 11.2. The van der Waals surface area contributed by atoms with Crippen molar-refractivity contribution in [3.05, 3.63) is 66.7 Å². The minimum absolute atomic E-state index is 0.112. The molecule has 1 N–H and O–H groups in total. The minimum atomic E-state index is 0.112. The number of aromatic nitrogens is 3. The van der Waals surface area contributed by atoms with Crippen molar-refractivity contribution in [2.45, 2.75) is 0 Å². The van der Waals surface area contributed by atoms with Crippen LogP contribution in [0.3, 0.4) is 0 Å². The summed E-state index contributed by atoms with van der Waals surface area (Å²) in [4.78, 5) is 13.3. The Hall–Kier alpha value is -3.51. The first-order valence-electron chi connectivity index (χ1n) is 8.73. The van der Waals surface area contributed by atoms with E-state index in [4.69, 9.17) is 4.74 Å². The summed E-state index contributed by atoms with van der Waals surface area (Å²) in [7, 11) is 1.52. The highest BCUT2D eigenvalue weighted by molar-refractivity contribution is 7.25. The van der Waals surface area contributed by atoms with Crippen LogP contribution in [0, 0.1) is 0 Å². The molecular weight excluding hydrogens is 370 g/mol. The van der Waals surface area contributed by atoms with Crippen LogP contribution in [0.4, 0.5) is 0 Å². The van der Waals surface area contributed by atoms with Crippen molar-refractivity contribution in [1.29, 1.82) is 0 Å². The molecule has 0 aliphatic rings. The van der Waals surface area contributed by atoms with Gasteiger partial charge in [-0.05, 0) is 36.4 Å². The fourth-order valence-corrected chi connectivity index (χ4v) is 4.31. The van der Waals surface area contributed by atoms with Crippen LogP contribution >= 0.6 is 11.3 Å². The summed E-state index contributed by atoms with van der Waals surface area (Å²) < 4.78 is 7.74. The molecule has 2 heterocycles. The van der Waals surface area contributed by atoms with E-state index in [0.29, 0.717) is 17.2 Å². The van der Waals surface area contributed by atoms with Gasteiger partial charge in [0.15, 0.2) is 11.6 Å². The number of hydrogen-bond acceptors (Lipinski definition) is 6. The van der Waals surface area contributed by atoms with E-state index in [0.717, 1.165) is 5.56 Å². The van der Waals surface area contributed by atoms with E-state index in [1.54, 1.807) is 29.5 Å². The summed E-state index contributed by atoms with van der Waals surface area (Å²) in [6, 6.07) is 21.7. The smallest absolute Gasteiger partial charge is 0.320 e. The SMILES string of the molecule is COc1nc(-c2ccc3sc4ccccc4c3c2)nc(-c2ccccc2O)n1. The van der Waals surface area contributed by atoms with Crippen molar-refractivity contribution in [2.24, 2.45) is 0 Å². The van der Waals surface area contributed by atoms with Crippen molar-refractivity contribution in [1.82, 2.24) is 15.0 Å². The third kappa shape index (κ3) is 2.75. The second kappa shape index (κ2) is 6.58. The van der Waals surface area contributed by atoms with Crippen LogP contribution in [0.15, 0.2) is 66.7 Å². The molecule has 28 heavy (non-hydrogen) atoms. The second-order valence-corrected chi connectivity index (χ2v) is 7.38. The van der Waals surface area contributed by atoms with Gasteiger partial charge in [-0.15, -0.1) is 11.3 Å². The van der Waals surface area contributed by atoms with Crippen LogP contribution in [-0.2, 0) is 0 Å². The number of benzene rings is 3. The van der Waals surface area contributed by atoms with Crippen LogP contribution < -0.4 is 4.74 Å². The van der Waals surface area contributed by atoms with Crippen molar-refractivity contribution in [2.75, 3.05) is 7.11 Å². The van der Waals surface area contributed by atoms with E-state index in [9.17, 15) is 5.11 Å². The molecule has 136 valence electrons. The maximum Gasteiger partial charge on any atom is 0.320 e. The first-order chi connectivity index (χ1) is 13.7. The van der Waals surface area contributed by atoms with E-state index in [1.165, 1.54) is 27.3 Å². The Labute approximate surface area is 164 Å². The van der Waals surface area contributed by atoms with Crippen molar-refractivity contribution < 1.29 is 9.84 Å². The Kier molecular flexibility index (Phi) is 3.91. The summed E-state index contributed by atoms with van der Waals surface area (Å²) in [5.74, 6) is 0.985. The standard InChI is InChI=1S/C22H15N3O2S/c1-27-22-24-20(23-21(25-22)15-7-2-4-8-17(15)26)13-10-11-19-16(12-13)14-6-3-5-9-18(14)28-19/h2-12,26H,1H3. The minimum Gasteiger partial charge on any atom is -0.507 e. The van der Waals surface area contributed by atoms with Gasteiger partial charge in [-0.25, -0.2) is 4.98 Å². The lowest BCUT2D eigenvalue weighted by atomic mass is 10.1. The number of aromatic hydroxyl groups is 1. The summed E-state index contributed by atoms with van der Waals surface area (Å²) >= 11 is 1.76. The maximum atomic E-state index is 10.2. The van der Waals surface area contributed by atoms with Crippen molar-refractivity contribution >= 4 is 31.5 Å². The zero-order chi connectivity index (χ0) is 19.1. The molecular formula is C22H15N3O2S. The fourth-order valence-electron chi connectivity index (χ4n) is 3.23. The van der Waals surface area contributed by atoms with Gasteiger partial charge in [0.25, 0.3) is 0 Å². The number of phenols is 1. The Bertz CT molecular complexity index is 1330. The van der Waals surface area contributed by atoms with Gasteiger partial charge in [-0.2, -0.15) is 9.97 Å². The Morgan fingerprint density at radius 3 is 2.39 bits per heavy atom. The molecule has 0 aliphatic carbocycles. The number of hydrogen-bond donors (Lipinski definition) is 1. The van der Waals surface area contributed by atoms with Crippen LogP contribution in [0.1, 0.15) is 0 Å². The molecule has 0 unspecified atom stereocenters. The molecule has 6 heteroatoms. The molecule has 0 bridgehead atoms. The summed E-state index contributed by atoms with van der Waals surface area (Å²) in [5.41, 5.74) is 1.40. The molecule has 0 atom stereocenters. The molecule has 0 spiro atoms. The van der Waals surface area contributed by atoms with Gasteiger partial charge in [-0.1, -0.05) is 30.3 Å². The predicted molar refractivity (Wildman–Crippen MR) is 112 cm³/mol. The fraction of sp³-hybridized carbons (Fsp3) is 0.0455. The Morgan fingerprint density at radius 2 is 1.54 bits per heavy atom. The van der Waals surface area contributed by atoms with E-state index in [2.05, 4.69) is 39.2 Å². The van der Waals surface area contributed by atoms with Crippen LogP contribution in [0.25, 0.3) is 42.9 Å². The summed E-state index contributed by atoms with van der Waals surface area (Å²) in [6.07, 6.45) is 0. The molecule has 5 nitrogen and oxygen atoms in total. The number of fused-ring (bicyclic) bond motifs is 3. The molecule has 0 saturated carbocycles. The monoisotopic (exact) mass is 385 g/mol. The predicted octanol–water partition coefficient (Wildman–Crippen LogP) is 5.29. The Morgan fingerprint density at radius 1 is 0.786 bits per heavy atom. The summed E-state index contributed by atoms with van der Waals surface area (Å²) in [6.45, 7) is 0. The van der Waals surface area contributed by atoms with E-state index in [-0.39, 0.29) is 11.8 Å². The number of thiophene rings is 1. The van der Waals surface area contributed by atoms with Gasteiger partial charge < -0.3 is 9.84 Å². The zero-order valence-electron chi connectivity index (χ0n) is 15.0. The van der Waals surface area contributed by atoms with Gasteiger partial charge in [0.05, 0.1) is 12.7 Å². The van der Waals surface area contributed by atoms with Crippen molar-refractivity contribution in [3.63, 3.8) is 0 Å². The van der Waals surface area contributed by atoms with Gasteiger partial charge in [0.1, 0.15) is 5.75 Å². The third-order valence-electron chi connectivity index (χ3n) is 4.58. The van der Waals surface area contributed by atoms with E-state index < -0.39 is 0 Å². The molecule has 5 aromatic rings. The lowest BCUT2D eigenvalue weighted by molar-refractivity contribution is 0.379. The van der Waals surface area contributed by atoms with Gasteiger partial charge in [-0.3, -0.25) is 0 Å². The maximum absolute atomic E-state index is 10.2. The molecule has 2 aromatic heterocycles. The number of para-hydroxylation sites is 1. The number of nitrogens with zero attached hydrogens (tertiary/aromatic N) is 3. The molecule has 0 saturated heterocycles. The lowest BCUT2D eigenvalue weighted by Crippen LogP contribution is -2.00. The quantitative estimate of drug-likeness (QED) is 0.457.